The van der Waals surface area contributed by atoms with Crippen molar-refractivity contribution in [2.24, 2.45) is 0 Å². The first kappa shape index (κ1) is 17.0. The second-order valence-electron chi connectivity index (χ2n) is 4.83. The second kappa shape index (κ2) is 7.26. The number of para-hydroxylation sites is 1. The number of halogens is 1. The number of aromatic nitrogens is 2. The van der Waals surface area contributed by atoms with Gasteiger partial charge in [-0.15, -0.1) is 0 Å². The van der Waals surface area contributed by atoms with Crippen LogP contribution in [0, 0.1) is 0 Å². The molecule has 0 fully saturated rings. The highest BCUT2D eigenvalue weighted by Gasteiger charge is 2.17. The van der Waals surface area contributed by atoms with Gasteiger partial charge in [-0.05, 0) is 19.1 Å². The number of esters is 1. The van der Waals surface area contributed by atoms with Crippen molar-refractivity contribution in [3.63, 3.8) is 0 Å². The van der Waals surface area contributed by atoms with Crippen LogP contribution in [-0.2, 0) is 4.74 Å². The summed E-state index contributed by atoms with van der Waals surface area (Å²) in [5.41, 5.74) is 0.196. The number of nitrogens with one attached hydrogen (secondary N) is 1. The lowest BCUT2D eigenvalue weighted by Crippen LogP contribution is -2.25. The van der Waals surface area contributed by atoms with Crippen LogP contribution in [-0.4, -0.2) is 40.6 Å². The maximum Gasteiger partial charge on any atom is 0.340 e. The van der Waals surface area contributed by atoms with Gasteiger partial charge in [-0.1, -0.05) is 23.7 Å². The number of carbonyl (C=O) groups is 1. The molecule has 23 heavy (non-hydrogen) atoms. The van der Waals surface area contributed by atoms with Crippen LogP contribution in [0.5, 0.6) is 0 Å². The number of benzene rings is 1. The average Bonchev–Trinajstić information content (AvgIpc) is 2.55. The second-order valence-corrected chi connectivity index (χ2v) is 5.21. The Morgan fingerprint density at radius 3 is 2.83 bits per heavy atom. The predicted molar refractivity (Wildman–Crippen MR) is 86.4 cm³/mol. The molecular weight excluding hydrogens is 322 g/mol. The Hall–Kier alpha value is -2.38. The number of aliphatic hydroxyl groups is 1. The Morgan fingerprint density at radius 2 is 2.17 bits per heavy atom. The van der Waals surface area contributed by atoms with E-state index in [1.807, 2.05) is 0 Å². The molecule has 0 spiro atoms. The summed E-state index contributed by atoms with van der Waals surface area (Å²) in [6.45, 7) is 1.83. The third-order valence-electron chi connectivity index (χ3n) is 3.04. The van der Waals surface area contributed by atoms with E-state index in [-0.39, 0.29) is 22.8 Å². The van der Waals surface area contributed by atoms with Crippen molar-refractivity contribution in [3.8, 4) is 5.69 Å². The number of anilines is 1. The quantitative estimate of drug-likeness (QED) is 0.802. The Balaban J connectivity index is 2.49. The van der Waals surface area contributed by atoms with Crippen LogP contribution < -0.4 is 10.9 Å². The molecule has 0 aliphatic heterocycles. The minimum absolute atomic E-state index is 0.0830. The van der Waals surface area contributed by atoms with E-state index in [4.69, 9.17) is 16.3 Å². The van der Waals surface area contributed by atoms with Gasteiger partial charge in [-0.3, -0.25) is 4.79 Å². The third-order valence-corrected chi connectivity index (χ3v) is 3.41. The Labute approximate surface area is 137 Å². The van der Waals surface area contributed by atoms with Crippen LogP contribution in [0.4, 0.5) is 5.69 Å². The largest absolute Gasteiger partial charge is 0.465 e. The summed E-state index contributed by atoms with van der Waals surface area (Å²) in [6, 6.07) is 6.42. The van der Waals surface area contributed by atoms with Gasteiger partial charge in [0.25, 0.3) is 5.56 Å². The molecule has 1 atom stereocenters. The molecule has 1 heterocycles. The minimum atomic E-state index is -0.603. The van der Waals surface area contributed by atoms with Crippen LogP contribution in [0.1, 0.15) is 17.3 Å². The smallest absolute Gasteiger partial charge is 0.340 e. The highest BCUT2D eigenvalue weighted by atomic mass is 35.5. The van der Waals surface area contributed by atoms with Crippen LogP contribution in [0.25, 0.3) is 5.69 Å². The number of hydrogen-bond acceptors (Lipinski definition) is 6. The highest BCUT2D eigenvalue weighted by Crippen LogP contribution is 2.18. The van der Waals surface area contributed by atoms with Crippen molar-refractivity contribution in [1.29, 1.82) is 0 Å². The molecule has 0 saturated carbocycles. The molecule has 0 saturated heterocycles. The van der Waals surface area contributed by atoms with Crippen molar-refractivity contribution < 1.29 is 14.6 Å². The summed E-state index contributed by atoms with van der Waals surface area (Å²) in [5, 5.41) is 16.1. The SMILES string of the molecule is COC(=O)c1ccccc1-n1ncc(NC[C@H](C)O)c(Cl)c1=O. The molecule has 0 unspecified atom stereocenters. The van der Waals surface area contributed by atoms with E-state index in [0.29, 0.717) is 5.69 Å². The molecule has 0 aliphatic rings. The van der Waals surface area contributed by atoms with Crippen molar-refractivity contribution >= 4 is 23.3 Å². The molecule has 0 amide bonds. The summed E-state index contributed by atoms with van der Waals surface area (Å²) in [5.74, 6) is -0.582. The molecule has 2 rings (SSSR count). The van der Waals surface area contributed by atoms with Crippen molar-refractivity contribution in [3.05, 3.63) is 51.4 Å². The molecule has 2 aromatic rings. The summed E-state index contributed by atoms with van der Waals surface area (Å²) in [4.78, 5) is 24.2. The van der Waals surface area contributed by atoms with Crippen molar-refractivity contribution in [1.82, 2.24) is 9.78 Å². The molecule has 0 radical (unpaired) electrons. The fourth-order valence-corrected chi connectivity index (χ4v) is 2.12. The van der Waals surface area contributed by atoms with Crippen LogP contribution >= 0.6 is 11.6 Å². The highest BCUT2D eigenvalue weighted by molar-refractivity contribution is 6.32. The Morgan fingerprint density at radius 1 is 1.48 bits per heavy atom. The molecule has 122 valence electrons. The zero-order valence-electron chi connectivity index (χ0n) is 12.6. The first-order valence-corrected chi connectivity index (χ1v) is 7.21. The zero-order valence-corrected chi connectivity index (χ0v) is 13.4. The molecule has 1 aromatic carbocycles. The van der Waals surface area contributed by atoms with Crippen LogP contribution in [0.2, 0.25) is 5.02 Å². The molecule has 0 aliphatic carbocycles. The van der Waals surface area contributed by atoms with Crippen molar-refractivity contribution in [2.75, 3.05) is 19.0 Å². The standard InChI is InChI=1S/C15H16ClN3O4/c1-9(20)7-17-11-8-18-19(14(21)13(11)16)12-6-4-3-5-10(12)15(22)23-2/h3-6,8-9,17,20H,7H2,1-2H3/t9-/m0/s1. The number of aliphatic hydroxyl groups excluding tert-OH is 1. The third kappa shape index (κ3) is 3.69. The molecule has 8 heteroatoms. The first-order valence-electron chi connectivity index (χ1n) is 6.83. The van der Waals surface area contributed by atoms with E-state index >= 15 is 0 Å². The van der Waals surface area contributed by atoms with Gasteiger partial charge in [0.05, 0.1) is 36.3 Å². The number of methoxy groups -OCH3 is 1. The summed E-state index contributed by atoms with van der Waals surface area (Å²) in [7, 11) is 1.26. The number of carbonyl (C=O) groups excluding carboxylic acids is 1. The molecule has 0 bridgehead atoms. The van der Waals surface area contributed by atoms with Crippen LogP contribution in [0.3, 0.4) is 0 Å². The van der Waals surface area contributed by atoms with E-state index in [1.54, 1.807) is 25.1 Å². The normalized spacial score (nSPS) is 11.8. The lowest BCUT2D eigenvalue weighted by atomic mass is 10.2. The van der Waals surface area contributed by atoms with Gasteiger partial charge in [0.1, 0.15) is 5.02 Å². The van der Waals surface area contributed by atoms with E-state index in [0.717, 1.165) is 4.68 Å². The van der Waals surface area contributed by atoms with Gasteiger partial charge < -0.3 is 15.2 Å². The van der Waals surface area contributed by atoms with Gasteiger partial charge >= 0.3 is 5.97 Å². The maximum atomic E-state index is 12.4. The van der Waals surface area contributed by atoms with Gasteiger partial charge in [-0.2, -0.15) is 9.78 Å². The van der Waals surface area contributed by atoms with Crippen molar-refractivity contribution in [2.45, 2.75) is 13.0 Å². The van der Waals surface area contributed by atoms with Gasteiger partial charge in [0, 0.05) is 6.54 Å². The Kier molecular flexibility index (Phi) is 5.36. The van der Waals surface area contributed by atoms with Gasteiger partial charge in [-0.25, -0.2) is 4.79 Å². The molecule has 7 nitrogen and oxygen atoms in total. The lowest BCUT2D eigenvalue weighted by molar-refractivity contribution is 0.0600. The van der Waals surface area contributed by atoms with Gasteiger partial charge in [0.15, 0.2) is 0 Å². The van der Waals surface area contributed by atoms with Gasteiger partial charge in [0.2, 0.25) is 0 Å². The predicted octanol–water partition coefficient (Wildman–Crippen LogP) is 1.47. The zero-order chi connectivity index (χ0) is 17.0. The van der Waals surface area contributed by atoms with E-state index < -0.39 is 17.6 Å². The number of hydrogen-bond donors (Lipinski definition) is 2. The van der Waals surface area contributed by atoms with E-state index in [9.17, 15) is 14.7 Å². The fourth-order valence-electron chi connectivity index (χ4n) is 1.93. The van der Waals surface area contributed by atoms with E-state index in [1.165, 1.54) is 19.4 Å². The Bertz CT molecular complexity index is 774. The number of nitrogens with zero attached hydrogens (tertiary/aromatic N) is 2. The molecule has 1 aromatic heterocycles. The minimum Gasteiger partial charge on any atom is -0.465 e. The van der Waals surface area contributed by atoms with Crippen LogP contribution in [0.15, 0.2) is 35.3 Å². The molecular formula is C15H16ClN3O4. The number of rotatable bonds is 5. The lowest BCUT2D eigenvalue weighted by Gasteiger charge is -2.13. The first-order chi connectivity index (χ1) is 11.0. The average molecular weight is 338 g/mol. The topological polar surface area (TPSA) is 93.5 Å². The summed E-state index contributed by atoms with van der Waals surface area (Å²) >= 11 is 6.06. The fraction of sp³-hybridized carbons (Fsp3) is 0.267. The monoisotopic (exact) mass is 337 g/mol. The summed E-state index contributed by atoms with van der Waals surface area (Å²) < 4.78 is 5.73. The van der Waals surface area contributed by atoms with E-state index in [2.05, 4.69) is 10.4 Å². The number of ether oxygens (including phenoxy) is 1. The molecule has 2 N–H and O–H groups in total. The summed E-state index contributed by atoms with van der Waals surface area (Å²) in [6.07, 6.45) is 0.758. The maximum absolute atomic E-state index is 12.4.